The molecule has 1 amide bonds. The van der Waals surface area contributed by atoms with E-state index in [1.807, 2.05) is 47.5 Å². The Morgan fingerprint density at radius 2 is 1.92 bits per heavy atom. The molecule has 0 radical (unpaired) electrons. The second kappa shape index (κ2) is 12.3. The average Bonchev–Trinajstić information content (AvgIpc) is 2.90. The number of amides is 1. The molecule has 0 atom stereocenters. The van der Waals surface area contributed by atoms with Crippen LogP contribution in [-0.4, -0.2) is 52.1 Å². The number of carbonyl (C=O) groups is 1. The number of hydrogen-bond donors (Lipinski definition) is 1. The molecule has 36 heavy (non-hydrogen) atoms. The molecule has 1 fully saturated rings. The second-order valence-corrected chi connectivity index (χ2v) is 8.58. The Morgan fingerprint density at radius 3 is 2.67 bits per heavy atom. The highest BCUT2D eigenvalue weighted by atomic mass is 19.1. The summed E-state index contributed by atoms with van der Waals surface area (Å²) in [6.07, 6.45) is 5.70. The summed E-state index contributed by atoms with van der Waals surface area (Å²) in [7, 11) is 1.76. The number of hydrogen-bond acceptors (Lipinski definition) is 5. The molecule has 6 nitrogen and oxygen atoms in total. The number of fused-ring (bicyclic) bond motifs is 1. The number of allylic oxidation sites excluding steroid dienone is 1. The number of aliphatic imine (C=N–C) groups is 1. The minimum absolute atomic E-state index is 0.272. The van der Waals surface area contributed by atoms with Crippen LogP contribution in [0.4, 0.5) is 15.8 Å². The van der Waals surface area contributed by atoms with E-state index >= 15 is 0 Å². The lowest BCUT2D eigenvalue weighted by Crippen LogP contribution is -2.36. The van der Waals surface area contributed by atoms with E-state index in [1.54, 1.807) is 13.1 Å². The number of benzene rings is 3. The Labute approximate surface area is 211 Å². The molecule has 4 rings (SSSR count). The summed E-state index contributed by atoms with van der Waals surface area (Å²) in [4.78, 5) is 19.3. The van der Waals surface area contributed by atoms with E-state index in [1.165, 1.54) is 12.1 Å². The lowest BCUT2D eigenvalue weighted by Gasteiger charge is -2.29. The van der Waals surface area contributed by atoms with Gasteiger partial charge < -0.3 is 19.7 Å². The molecule has 1 saturated heterocycles. The van der Waals surface area contributed by atoms with Gasteiger partial charge in [-0.3, -0.25) is 9.79 Å². The second-order valence-electron chi connectivity index (χ2n) is 8.58. The molecule has 0 saturated carbocycles. The van der Waals surface area contributed by atoms with Crippen LogP contribution in [0, 0.1) is 5.82 Å². The average molecular weight is 490 g/mol. The molecule has 1 N–H and O–H groups in total. The molecule has 7 heteroatoms. The summed E-state index contributed by atoms with van der Waals surface area (Å²) in [5, 5.41) is 4.71. The van der Waals surface area contributed by atoms with Crippen molar-refractivity contribution in [2.24, 2.45) is 4.99 Å². The van der Waals surface area contributed by atoms with E-state index in [0.29, 0.717) is 44.3 Å². The van der Waals surface area contributed by atoms with Crippen LogP contribution in [0.15, 0.2) is 71.2 Å². The maximum Gasteiger partial charge on any atom is 0.255 e. The summed E-state index contributed by atoms with van der Waals surface area (Å²) < 4.78 is 25.9. The monoisotopic (exact) mass is 489 g/mol. The van der Waals surface area contributed by atoms with E-state index in [-0.39, 0.29) is 11.5 Å². The molecular formula is C29H32FN3O3. The van der Waals surface area contributed by atoms with Crippen LogP contribution < -0.4 is 15.0 Å². The van der Waals surface area contributed by atoms with Crippen molar-refractivity contribution < 1.29 is 18.7 Å². The van der Waals surface area contributed by atoms with Gasteiger partial charge >= 0.3 is 0 Å². The normalized spacial score (nSPS) is 14.4. The standard InChI is InChI=1S/C29H32FN3O3/c1-3-6-21(20-31-2)11-14-36-28-10-9-27(25-7-4-5-8-26(25)28)32-29(34)22-17-23(30)19-24(18-22)33-12-15-35-16-13-33/h4-10,17-20H,3,11-16H2,1-2H3,(H,32,34)/b21-6-,31-20?. The number of morpholine rings is 1. The number of nitrogens with one attached hydrogen (secondary N) is 1. The third-order valence-corrected chi connectivity index (χ3v) is 6.06. The number of carbonyl (C=O) groups excluding carboxylic acids is 1. The van der Waals surface area contributed by atoms with Crippen LogP contribution in [0.3, 0.4) is 0 Å². The molecule has 0 spiro atoms. The van der Waals surface area contributed by atoms with Gasteiger partial charge in [0.05, 0.1) is 19.8 Å². The first-order valence-corrected chi connectivity index (χ1v) is 12.3. The van der Waals surface area contributed by atoms with Crippen LogP contribution in [0.2, 0.25) is 0 Å². The van der Waals surface area contributed by atoms with Crippen LogP contribution >= 0.6 is 0 Å². The Kier molecular flexibility index (Phi) is 8.68. The van der Waals surface area contributed by atoms with Gasteiger partial charge in [0.1, 0.15) is 11.6 Å². The van der Waals surface area contributed by atoms with Gasteiger partial charge in [-0.25, -0.2) is 4.39 Å². The molecule has 0 aromatic heterocycles. The van der Waals surface area contributed by atoms with Crippen LogP contribution in [0.5, 0.6) is 5.75 Å². The van der Waals surface area contributed by atoms with Crippen LogP contribution in [-0.2, 0) is 4.74 Å². The first kappa shape index (κ1) is 25.4. The topological polar surface area (TPSA) is 63.2 Å². The van der Waals surface area contributed by atoms with Crippen molar-refractivity contribution in [1.29, 1.82) is 0 Å². The van der Waals surface area contributed by atoms with E-state index in [0.717, 1.165) is 34.9 Å². The SMILES string of the molecule is CC/C=C(\C=NC)CCOc1ccc(NC(=O)c2cc(F)cc(N3CCOCC3)c2)c2ccccc12. The number of halogens is 1. The zero-order valence-corrected chi connectivity index (χ0v) is 20.8. The van der Waals surface area contributed by atoms with Crippen molar-refractivity contribution >= 4 is 34.3 Å². The van der Waals surface area contributed by atoms with Crippen molar-refractivity contribution in [2.45, 2.75) is 19.8 Å². The van der Waals surface area contributed by atoms with Gasteiger partial charge in [0, 0.05) is 60.5 Å². The molecule has 3 aromatic rings. The number of anilines is 2. The van der Waals surface area contributed by atoms with Crippen molar-refractivity contribution in [3.8, 4) is 5.75 Å². The molecule has 3 aromatic carbocycles. The number of rotatable bonds is 9. The van der Waals surface area contributed by atoms with Gasteiger partial charge in [-0.1, -0.05) is 37.3 Å². The highest BCUT2D eigenvalue weighted by Gasteiger charge is 2.17. The van der Waals surface area contributed by atoms with Gasteiger partial charge in [0.15, 0.2) is 0 Å². The fourth-order valence-corrected chi connectivity index (χ4v) is 4.34. The first-order chi connectivity index (χ1) is 17.6. The summed E-state index contributed by atoms with van der Waals surface area (Å²) in [6, 6.07) is 15.9. The summed E-state index contributed by atoms with van der Waals surface area (Å²) in [6.45, 7) is 5.11. The van der Waals surface area contributed by atoms with Gasteiger partial charge in [0.2, 0.25) is 0 Å². The largest absolute Gasteiger partial charge is 0.493 e. The fraction of sp³-hybridized carbons (Fsp3) is 0.310. The predicted octanol–water partition coefficient (Wildman–Crippen LogP) is 5.87. The number of ether oxygens (including phenoxy) is 2. The zero-order chi connectivity index (χ0) is 25.3. The minimum atomic E-state index is -0.442. The maximum atomic E-state index is 14.4. The highest BCUT2D eigenvalue weighted by molar-refractivity contribution is 6.10. The van der Waals surface area contributed by atoms with Crippen molar-refractivity contribution in [3.05, 3.63) is 77.6 Å². The van der Waals surface area contributed by atoms with Crippen LogP contribution in [0.1, 0.15) is 30.1 Å². The third-order valence-electron chi connectivity index (χ3n) is 6.06. The third kappa shape index (κ3) is 6.29. The Hall–Kier alpha value is -3.71. The first-order valence-electron chi connectivity index (χ1n) is 12.3. The highest BCUT2D eigenvalue weighted by Crippen LogP contribution is 2.32. The van der Waals surface area contributed by atoms with E-state index in [4.69, 9.17) is 9.47 Å². The predicted molar refractivity (Wildman–Crippen MR) is 144 cm³/mol. The Balaban J connectivity index is 1.52. The molecule has 1 heterocycles. The summed E-state index contributed by atoms with van der Waals surface area (Å²) in [5.41, 5.74) is 2.74. The molecule has 1 aliphatic rings. The zero-order valence-electron chi connectivity index (χ0n) is 20.8. The fourth-order valence-electron chi connectivity index (χ4n) is 4.34. The lowest BCUT2D eigenvalue weighted by atomic mass is 10.1. The molecule has 1 aliphatic heterocycles. The number of nitrogens with zero attached hydrogens (tertiary/aromatic N) is 2. The van der Waals surface area contributed by atoms with Crippen molar-refractivity contribution in [3.63, 3.8) is 0 Å². The van der Waals surface area contributed by atoms with Crippen LogP contribution in [0.25, 0.3) is 10.8 Å². The van der Waals surface area contributed by atoms with Gasteiger partial charge in [-0.15, -0.1) is 0 Å². The van der Waals surface area contributed by atoms with Crippen molar-refractivity contribution in [2.75, 3.05) is 50.2 Å². The molecule has 0 aliphatic carbocycles. The van der Waals surface area contributed by atoms with E-state index in [2.05, 4.69) is 23.3 Å². The maximum absolute atomic E-state index is 14.4. The van der Waals surface area contributed by atoms with Gasteiger partial charge in [-0.2, -0.15) is 0 Å². The molecule has 0 bridgehead atoms. The Morgan fingerprint density at radius 1 is 1.14 bits per heavy atom. The Bertz CT molecular complexity index is 1270. The van der Waals surface area contributed by atoms with Gasteiger partial charge in [-0.05, 0) is 42.3 Å². The molecular weight excluding hydrogens is 457 g/mol. The molecule has 0 unspecified atom stereocenters. The smallest absolute Gasteiger partial charge is 0.255 e. The van der Waals surface area contributed by atoms with Gasteiger partial charge in [0.25, 0.3) is 5.91 Å². The van der Waals surface area contributed by atoms with E-state index in [9.17, 15) is 9.18 Å². The van der Waals surface area contributed by atoms with Crippen molar-refractivity contribution in [1.82, 2.24) is 0 Å². The lowest BCUT2D eigenvalue weighted by molar-refractivity contribution is 0.102. The quantitative estimate of drug-likeness (QED) is 0.382. The summed E-state index contributed by atoms with van der Waals surface area (Å²) in [5.74, 6) is -0.0633. The van der Waals surface area contributed by atoms with E-state index < -0.39 is 5.82 Å². The molecule has 188 valence electrons. The summed E-state index contributed by atoms with van der Waals surface area (Å²) >= 11 is 0. The minimum Gasteiger partial charge on any atom is -0.493 e.